The molecule has 1 aliphatic rings. The van der Waals surface area contributed by atoms with E-state index in [1.165, 1.54) is 11.1 Å². The highest BCUT2D eigenvalue weighted by Gasteiger charge is 2.23. The largest absolute Gasteiger partial charge is 0.488 e. The number of nitrogens with two attached hydrogens (primary N) is 1. The summed E-state index contributed by atoms with van der Waals surface area (Å²) >= 11 is 5.86. The molecule has 2 N–H and O–H groups in total. The van der Waals surface area contributed by atoms with E-state index in [0.717, 1.165) is 12.2 Å². The van der Waals surface area contributed by atoms with E-state index in [-0.39, 0.29) is 6.10 Å². The van der Waals surface area contributed by atoms with Gasteiger partial charge in [0.25, 0.3) is 0 Å². The van der Waals surface area contributed by atoms with Crippen molar-refractivity contribution >= 4 is 17.3 Å². The molecule has 1 atom stereocenters. The lowest BCUT2D eigenvalue weighted by Crippen LogP contribution is -2.22. The van der Waals surface area contributed by atoms with Crippen molar-refractivity contribution in [2.75, 3.05) is 12.3 Å². The molecule has 0 bridgehead atoms. The van der Waals surface area contributed by atoms with Crippen LogP contribution >= 0.6 is 11.6 Å². The van der Waals surface area contributed by atoms with Gasteiger partial charge in [-0.05, 0) is 36.8 Å². The first-order chi connectivity index (χ1) is 9.61. The van der Waals surface area contributed by atoms with Crippen LogP contribution in [0.1, 0.15) is 11.1 Å². The number of rotatable bonds is 3. The summed E-state index contributed by atoms with van der Waals surface area (Å²) in [6.45, 7) is 2.55. The maximum atomic E-state index is 5.86. The summed E-state index contributed by atoms with van der Waals surface area (Å²) in [5.41, 5.74) is 8.89. The Kier molecular flexibility index (Phi) is 3.45. The zero-order chi connectivity index (χ0) is 14.1. The van der Waals surface area contributed by atoms with E-state index < -0.39 is 0 Å². The van der Waals surface area contributed by atoms with Gasteiger partial charge in [0.15, 0.2) is 0 Å². The Morgan fingerprint density at radius 1 is 1.30 bits per heavy atom. The number of aryl methyl sites for hydroxylation is 1. The highest BCUT2D eigenvalue weighted by atomic mass is 35.5. The van der Waals surface area contributed by atoms with Crippen LogP contribution in [0.3, 0.4) is 0 Å². The van der Waals surface area contributed by atoms with Gasteiger partial charge >= 0.3 is 0 Å². The molecule has 0 saturated heterocycles. The fraction of sp³-hybridized carbons (Fsp3) is 0.250. The molecule has 0 radical (unpaired) electrons. The molecule has 20 heavy (non-hydrogen) atoms. The smallest absolute Gasteiger partial charge is 0.142 e. The van der Waals surface area contributed by atoms with Crippen LogP contribution in [-0.4, -0.2) is 12.7 Å². The Morgan fingerprint density at radius 2 is 2.15 bits per heavy atom. The highest BCUT2D eigenvalue weighted by Crippen LogP contribution is 2.31. The Hall–Kier alpha value is -1.87. The Balaban J connectivity index is 1.63. The fourth-order valence-electron chi connectivity index (χ4n) is 2.38. The average molecular weight is 290 g/mol. The number of benzene rings is 2. The lowest BCUT2D eigenvalue weighted by Gasteiger charge is -2.13. The molecule has 3 rings (SSSR count). The minimum Gasteiger partial charge on any atom is -0.488 e. The Morgan fingerprint density at radius 3 is 2.95 bits per heavy atom. The third-order valence-corrected chi connectivity index (χ3v) is 3.59. The molecule has 0 spiro atoms. The molecule has 104 valence electrons. The number of halogens is 1. The van der Waals surface area contributed by atoms with Crippen LogP contribution in [0.5, 0.6) is 11.5 Å². The zero-order valence-corrected chi connectivity index (χ0v) is 12.0. The fourth-order valence-corrected chi connectivity index (χ4v) is 2.56. The molecule has 2 aromatic rings. The van der Waals surface area contributed by atoms with Crippen molar-refractivity contribution in [1.82, 2.24) is 0 Å². The van der Waals surface area contributed by atoms with Gasteiger partial charge < -0.3 is 15.2 Å². The average Bonchev–Trinajstić information content (AvgIpc) is 2.79. The second-order valence-corrected chi connectivity index (χ2v) is 5.48. The molecule has 2 aromatic carbocycles. The summed E-state index contributed by atoms with van der Waals surface area (Å²) in [5.74, 6) is 1.60. The van der Waals surface area contributed by atoms with Crippen LogP contribution in [0, 0.1) is 6.92 Å². The molecule has 1 aliphatic heterocycles. The van der Waals surface area contributed by atoms with Gasteiger partial charge in [0, 0.05) is 11.4 Å². The van der Waals surface area contributed by atoms with E-state index in [1.807, 2.05) is 6.07 Å². The third kappa shape index (κ3) is 2.68. The van der Waals surface area contributed by atoms with Crippen molar-refractivity contribution in [1.29, 1.82) is 0 Å². The quantitative estimate of drug-likeness (QED) is 0.878. The summed E-state index contributed by atoms with van der Waals surface area (Å²) < 4.78 is 11.6. The van der Waals surface area contributed by atoms with Gasteiger partial charge in [-0.1, -0.05) is 29.3 Å². The van der Waals surface area contributed by atoms with Crippen molar-refractivity contribution in [3.63, 3.8) is 0 Å². The predicted octanol–water partition coefficient (Wildman–Crippen LogP) is 3.61. The van der Waals surface area contributed by atoms with Crippen molar-refractivity contribution in [3.8, 4) is 11.5 Å². The van der Waals surface area contributed by atoms with Crippen LogP contribution in [-0.2, 0) is 6.42 Å². The Labute approximate surface area is 123 Å². The third-order valence-electron chi connectivity index (χ3n) is 3.35. The lowest BCUT2D eigenvalue weighted by atomic mass is 10.1. The molecule has 0 aliphatic carbocycles. The van der Waals surface area contributed by atoms with Crippen molar-refractivity contribution in [2.45, 2.75) is 19.4 Å². The number of hydrogen-bond acceptors (Lipinski definition) is 3. The number of ether oxygens (including phenoxy) is 2. The van der Waals surface area contributed by atoms with Gasteiger partial charge in [-0.15, -0.1) is 0 Å². The van der Waals surface area contributed by atoms with Crippen LogP contribution < -0.4 is 15.2 Å². The van der Waals surface area contributed by atoms with Gasteiger partial charge in [-0.2, -0.15) is 0 Å². The monoisotopic (exact) mass is 289 g/mol. The molecule has 0 saturated carbocycles. The van der Waals surface area contributed by atoms with Gasteiger partial charge in [0.05, 0.1) is 5.69 Å². The molecule has 1 heterocycles. The molecular weight excluding hydrogens is 274 g/mol. The zero-order valence-electron chi connectivity index (χ0n) is 11.2. The second-order valence-electron chi connectivity index (χ2n) is 5.05. The summed E-state index contributed by atoms with van der Waals surface area (Å²) in [6.07, 6.45) is 0.895. The van der Waals surface area contributed by atoms with E-state index >= 15 is 0 Å². The van der Waals surface area contributed by atoms with Crippen molar-refractivity contribution < 1.29 is 9.47 Å². The van der Waals surface area contributed by atoms with E-state index in [1.54, 1.807) is 18.2 Å². The minimum absolute atomic E-state index is 0.0295. The van der Waals surface area contributed by atoms with Gasteiger partial charge in [0.1, 0.15) is 24.2 Å². The standard InChI is InChI=1S/C16H16ClNO2/c1-10-2-4-15-11(6-10)7-13(20-15)9-19-16-5-3-12(17)8-14(16)18/h2-6,8,13H,7,9,18H2,1H3. The van der Waals surface area contributed by atoms with Gasteiger partial charge in [0.2, 0.25) is 0 Å². The van der Waals surface area contributed by atoms with E-state index in [9.17, 15) is 0 Å². The molecular formula is C16H16ClNO2. The van der Waals surface area contributed by atoms with E-state index in [4.69, 9.17) is 26.8 Å². The van der Waals surface area contributed by atoms with Gasteiger partial charge in [-0.3, -0.25) is 0 Å². The maximum Gasteiger partial charge on any atom is 0.142 e. The minimum atomic E-state index is 0.0295. The number of anilines is 1. The van der Waals surface area contributed by atoms with E-state index in [0.29, 0.717) is 23.1 Å². The summed E-state index contributed by atoms with van der Waals surface area (Å²) in [5, 5.41) is 0.606. The number of fused-ring (bicyclic) bond motifs is 1. The summed E-state index contributed by atoms with van der Waals surface area (Å²) in [4.78, 5) is 0. The molecule has 0 fully saturated rings. The first-order valence-corrected chi connectivity index (χ1v) is 6.93. The molecule has 0 amide bonds. The van der Waals surface area contributed by atoms with Crippen LogP contribution in [0.15, 0.2) is 36.4 Å². The SMILES string of the molecule is Cc1ccc2c(c1)CC(COc1ccc(Cl)cc1N)O2. The Bertz CT molecular complexity index is 642. The van der Waals surface area contributed by atoms with Crippen molar-refractivity contribution in [2.24, 2.45) is 0 Å². The number of nitrogen functional groups attached to an aromatic ring is 1. The molecule has 0 aromatic heterocycles. The molecule has 1 unspecified atom stereocenters. The predicted molar refractivity (Wildman–Crippen MR) is 80.7 cm³/mol. The summed E-state index contributed by atoms with van der Waals surface area (Å²) in [7, 11) is 0. The highest BCUT2D eigenvalue weighted by molar-refractivity contribution is 6.30. The first-order valence-electron chi connectivity index (χ1n) is 6.56. The van der Waals surface area contributed by atoms with Crippen molar-refractivity contribution in [3.05, 3.63) is 52.5 Å². The lowest BCUT2D eigenvalue weighted by molar-refractivity contribution is 0.149. The van der Waals surface area contributed by atoms with Crippen LogP contribution in [0.2, 0.25) is 5.02 Å². The van der Waals surface area contributed by atoms with E-state index in [2.05, 4.69) is 19.1 Å². The van der Waals surface area contributed by atoms with Gasteiger partial charge in [-0.25, -0.2) is 0 Å². The van der Waals surface area contributed by atoms with Crippen LogP contribution in [0.25, 0.3) is 0 Å². The van der Waals surface area contributed by atoms with Crippen LogP contribution in [0.4, 0.5) is 5.69 Å². The first kappa shape index (κ1) is 13.1. The summed E-state index contributed by atoms with van der Waals surface area (Å²) in [6, 6.07) is 11.5. The normalized spacial score (nSPS) is 16.6. The maximum absolute atomic E-state index is 5.86. The second kappa shape index (κ2) is 5.25. The molecule has 3 nitrogen and oxygen atoms in total. The molecule has 4 heteroatoms. The number of hydrogen-bond donors (Lipinski definition) is 1. The topological polar surface area (TPSA) is 44.5 Å².